The highest BCUT2D eigenvalue weighted by molar-refractivity contribution is 5.98. The lowest BCUT2D eigenvalue weighted by molar-refractivity contribution is -0.121. The lowest BCUT2D eigenvalue weighted by Crippen LogP contribution is -2.42. The van der Waals surface area contributed by atoms with Crippen molar-refractivity contribution in [3.63, 3.8) is 0 Å². The summed E-state index contributed by atoms with van der Waals surface area (Å²) >= 11 is 0. The summed E-state index contributed by atoms with van der Waals surface area (Å²) < 4.78 is 5.45. The molecule has 134 valence electrons. The van der Waals surface area contributed by atoms with Crippen LogP contribution in [-0.4, -0.2) is 31.5 Å². The minimum atomic E-state index is -0.0930. The molecule has 4 atom stereocenters. The Hall–Kier alpha value is -2.08. The van der Waals surface area contributed by atoms with E-state index in [0.717, 1.165) is 31.4 Å². The number of nitrogens with one attached hydrogen (secondary N) is 1. The normalized spacial score (nSPS) is 30.8. The Morgan fingerprint density at radius 3 is 2.76 bits per heavy atom. The smallest absolute Gasteiger partial charge is 0.229 e. The summed E-state index contributed by atoms with van der Waals surface area (Å²) in [7, 11) is 1.58. The maximum Gasteiger partial charge on any atom is 0.229 e. The van der Waals surface area contributed by atoms with Gasteiger partial charge in [0.05, 0.1) is 18.7 Å². The molecule has 2 bridgehead atoms. The quantitative estimate of drug-likeness (QED) is 0.877. The third kappa shape index (κ3) is 2.78. The molecule has 4 rings (SSSR count). The van der Waals surface area contributed by atoms with Crippen molar-refractivity contribution in [2.24, 2.45) is 23.5 Å². The lowest BCUT2D eigenvalue weighted by Gasteiger charge is -2.27. The number of nitrogens with two attached hydrogens (primary N) is 1. The van der Waals surface area contributed by atoms with Crippen molar-refractivity contribution < 1.29 is 14.3 Å². The Morgan fingerprint density at radius 1 is 1.32 bits per heavy atom. The summed E-state index contributed by atoms with van der Waals surface area (Å²) in [4.78, 5) is 26.4. The van der Waals surface area contributed by atoms with Gasteiger partial charge in [-0.15, -0.1) is 0 Å². The first-order valence-electron chi connectivity index (χ1n) is 9.13. The van der Waals surface area contributed by atoms with Crippen LogP contribution in [0.4, 0.5) is 11.4 Å². The van der Waals surface area contributed by atoms with Gasteiger partial charge in [0.25, 0.3) is 0 Å². The monoisotopic (exact) mass is 343 g/mol. The summed E-state index contributed by atoms with van der Waals surface area (Å²) in [6, 6.07) is 5.44. The highest BCUT2D eigenvalue weighted by atomic mass is 16.5. The van der Waals surface area contributed by atoms with E-state index in [-0.39, 0.29) is 23.8 Å². The van der Waals surface area contributed by atoms with E-state index in [1.54, 1.807) is 18.1 Å². The van der Waals surface area contributed by atoms with Gasteiger partial charge in [-0.05, 0) is 49.7 Å². The van der Waals surface area contributed by atoms with E-state index < -0.39 is 0 Å². The SMILES string of the molecule is COc1cc(NC(=O)C2C3CCC(C3)C2N)ccc1N1CCCC1=O. The fraction of sp³-hybridized carbons (Fsp3) is 0.579. The van der Waals surface area contributed by atoms with Gasteiger partial charge in [0.1, 0.15) is 5.75 Å². The number of methoxy groups -OCH3 is 1. The number of hydrogen-bond acceptors (Lipinski definition) is 4. The van der Waals surface area contributed by atoms with Crippen LogP contribution in [0.3, 0.4) is 0 Å². The van der Waals surface area contributed by atoms with Crippen LogP contribution >= 0.6 is 0 Å². The van der Waals surface area contributed by atoms with Crippen molar-refractivity contribution in [1.82, 2.24) is 0 Å². The minimum Gasteiger partial charge on any atom is -0.494 e. The fourth-order valence-electron chi connectivity index (χ4n) is 4.83. The van der Waals surface area contributed by atoms with Crippen LogP contribution in [0.25, 0.3) is 0 Å². The minimum absolute atomic E-state index is 0.00625. The molecule has 1 aliphatic heterocycles. The van der Waals surface area contributed by atoms with E-state index in [9.17, 15) is 9.59 Å². The lowest BCUT2D eigenvalue weighted by atomic mass is 9.84. The largest absolute Gasteiger partial charge is 0.494 e. The number of ether oxygens (including phenoxy) is 1. The zero-order chi connectivity index (χ0) is 17.6. The topological polar surface area (TPSA) is 84.7 Å². The molecule has 1 heterocycles. The molecule has 0 aromatic heterocycles. The maximum absolute atomic E-state index is 12.7. The molecule has 3 aliphatic rings. The second-order valence-corrected chi connectivity index (χ2v) is 7.46. The number of benzene rings is 1. The van der Waals surface area contributed by atoms with Crippen LogP contribution in [0.1, 0.15) is 32.1 Å². The molecule has 1 aromatic carbocycles. The molecule has 4 unspecified atom stereocenters. The molecule has 6 nitrogen and oxygen atoms in total. The van der Waals surface area contributed by atoms with Gasteiger partial charge in [-0.25, -0.2) is 0 Å². The number of rotatable bonds is 4. The van der Waals surface area contributed by atoms with Gasteiger partial charge in [0.2, 0.25) is 11.8 Å². The molecule has 6 heteroatoms. The average molecular weight is 343 g/mol. The number of nitrogens with zero attached hydrogens (tertiary/aromatic N) is 1. The van der Waals surface area contributed by atoms with Crippen LogP contribution in [0.15, 0.2) is 18.2 Å². The first-order chi connectivity index (χ1) is 12.1. The Bertz CT molecular complexity index is 703. The Morgan fingerprint density at radius 2 is 2.12 bits per heavy atom. The predicted octanol–water partition coefficient (Wildman–Crippen LogP) is 2.13. The number of fused-ring (bicyclic) bond motifs is 2. The van der Waals surface area contributed by atoms with Crippen molar-refractivity contribution in [3.05, 3.63) is 18.2 Å². The van der Waals surface area contributed by atoms with Crippen LogP contribution in [-0.2, 0) is 9.59 Å². The highest BCUT2D eigenvalue weighted by Gasteiger charge is 2.49. The summed E-state index contributed by atoms with van der Waals surface area (Å²) in [5, 5.41) is 3.00. The average Bonchev–Trinajstić information content (AvgIpc) is 3.30. The zero-order valence-corrected chi connectivity index (χ0v) is 14.5. The third-order valence-electron chi connectivity index (χ3n) is 6.09. The number of carbonyl (C=O) groups is 2. The summed E-state index contributed by atoms with van der Waals surface area (Å²) in [6.45, 7) is 0.709. The van der Waals surface area contributed by atoms with E-state index in [2.05, 4.69) is 5.32 Å². The molecule has 2 amide bonds. The molecular weight excluding hydrogens is 318 g/mol. The van der Waals surface area contributed by atoms with Crippen LogP contribution < -0.4 is 20.7 Å². The molecule has 25 heavy (non-hydrogen) atoms. The molecule has 1 aromatic rings. The van der Waals surface area contributed by atoms with Crippen LogP contribution in [0.5, 0.6) is 5.75 Å². The second-order valence-electron chi connectivity index (χ2n) is 7.46. The van der Waals surface area contributed by atoms with Crippen molar-refractivity contribution in [2.45, 2.75) is 38.1 Å². The molecule has 2 saturated carbocycles. The number of carbonyl (C=O) groups excluding carboxylic acids is 2. The second kappa shape index (κ2) is 6.33. The van der Waals surface area contributed by atoms with E-state index >= 15 is 0 Å². The Kier molecular flexibility index (Phi) is 4.15. The highest BCUT2D eigenvalue weighted by Crippen LogP contribution is 2.48. The molecule has 1 saturated heterocycles. The number of amides is 2. The third-order valence-corrected chi connectivity index (χ3v) is 6.09. The fourth-order valence-corrected chi connectivity index (χ4v) is 4.83. The van der Waals surface area contributed by atoms with Gasteiger partial charge in [-0.2, -0.15) is 0 Å². The van der Waals surface area contributed by atoms with Gasteiger partial charge in [-0.3, -0.25) is 9.59 Å². The van der Waals surface area contributed by atoms with Gasteiger partial charge < -0.3 is 20.7 Å². The van der Waals surface area contributed by atoms with Gasteiger partial charge in [-0.1, -0.05) is 0 Å². The van der Waals surface area contributed by atoms with E-state index in [1.165, 1.54) is 0 Å². The van der Waals surface area contributed by atoms with Gasteiger partial charge in [0, 0.05) is 30.8 Å². The van der Waals surface area contributed by atoms with Crippen molar-refractivity contribution in [1.29, 1.82) is 0 Å². The first kappa shape index (κ1) is 16.4. The number of anilines is 2. The predicted molar refractivity (Wildman–Crippen MR) is 95.5 cm³/mol. The molecule has 2 aliphatic carbocycles. The summed E-state index contributed by atoms with van der Waals surface area (Å²) in [5.41, 5.74) is 7.72. The van der Waals surface area contributed by atoms with E-state index in [0.29, 0.717) is 36.2 Å². The standard InChI is InChI=1S/C19H25N3O3/c1-25-15-10-13(6-7-14(15)22-8-2-3-16(22)23)21-19(24)17-11-4-5-12(9-11)18(17)20/h6-7,10-12,17-18H,2-5,8-9,20H2,1H3,(H,21,24). The maximum atomic E-state index is 12.7. The van der Waals surface area contributed by atoms with E-state index in [4.69, 9.17) is 10.5 Å². The summed E-state index contributed by atoms with van der Waals surface area (Å²) in [5.74, 6) is 1.55. The number of hydrogen-bond donors (Lipinski definition) is 2. The zero-order valence-electron chi connectivity index (χ0n) is 14.5. The molecule has 3 fully saturated rings. The van der Waals surface area contributed by atoms with Gasteiger partial charge >= 0.3 is 0 Å². The van der Waals surface area contributed by atoms with Crippen LogP contribution in [0.2, 0.25) is 0 Å². The molecule has 3 N–H and O–H groups in total. The van der Waals surface area contributed by atoms with Crippen LogP contribution in [0, 0.1) is 17.8 Å². The van der Waals surface area contributed by atoms with Crippen molar-refractivity contribution in [2.75, 3.05) is 23.9 Å². The Balaban J connectivity index is 1.51. The molecule has 0 spiro atoms. The molecule has 0 radical (unpaired) electrons. The first-order valence-corrected chi connectivity index (χ1v) is 9.13. The van der Waals surface area contributed by atoms with Gasteiger partial charge in [0.15, 0.2) is 0 Å². The Labute approximate surface area is 147 Å². The molecular formula is C19H25N3O3. The summed E-state index contributed by atoms with van der Waals surface area (Å²) in [6.07, 6.45) is 4.78. The van der Waals surface area contributed by atoms with Crippen molar-refractivity contribution >= 4 is 23.2 Å². The van der Waals surface area contributed by atoms with Crippen molar-refractivity contribution in [3.8, 4) is 5.75 Å². The van der Waals surface area contributed by atoms with E-state index in [1.807, 2.05) is 12.1 Å².